The third-order valence-electron chi connectivity index (χ3n) is 2.57. The van der Waals surface area contributed by atoms with Crippen LogP contribution in [0.2, 0.25) is 0 Å². The minimum atomic E-state index is 0.593. The van der Waals surface area contributed by atoms with Crippen molar-refractivity contribution in [1.82, 2.24) is 20.5 Å². The van der Waals surface area contributed by atoms with E-state index in [1.807, 2.05) is 0 Å². The lowest BCUT2D eigenvalue weighted by Crippen LogP contribution is -2.30. The van der Waals surface area contributed by atoms with Gasteiger partial charge < -0.3 is 5.32 Å². The van der Waals surface area contributed by atoms with Crippen molar-refractivity contribution in [3.05, 3.63) is 12.2 Å². The van der Waals surface area contributed by atoms with E-state index >= 15 is 0 Å². The molecule has 1 aromatic rings. The highest BCUT2D eigenvalue weighted by molar-refractivity contribution is 4.87. The van der Waals surface area contributed by atoms with Crippen molar-refractivity contribution in [2.75, 3.05) is 6.54 Å². The van der Waals surface area contributed by atoms with Crippen LogP contribution in [0, 0.1) is 0 Å². The second-order valence-corrected chi connectivity index (χ2v) is 3.64. The fourth-order valence-corrected chi connectivity index (χ4v) is 1.84. The van der Waals surface area contributed by atoms with Crippen LogP contribution in [0.4, 0.5) is 0 Å². The van der Waals surface area contributed by atoms with E-state index in [1.54, 1.807) is 6.33 Å². The molecule has 2 N–H and O–H groups in total. The third kappa shape index (κ3) is 2.52. The molecule has 1 aliphatic heterocycles. The first kappa shape index (κ1) is 8.69. The Bertz CT molecular complexity index is 224. The normalized spacial score (nSPS) is 24.2. The van der Waals surface area contributed by atoms with Crippen LogP contribution < -0.4 is 5.32 Å². The fraction of sp³-hybridized carbons (Fsp3) is 0.778. The zero-order valence-corrected chi connectivity index (χ0v) is 7.79. The Morgan fingerprint density at radius 2 is 2.38 bits per heavy atom. The van der Waals surface area contributed by atoms with Crippen LogP contribution in [0.15, 0.2) is 6.33 Å². The lowest BCUT2D eigenvalue weighted by molar-refractivity contribution is 0.498. The zero-order chi connectivity index (χ0) is 8.93. The fourth-order valence-electron chi connectivity index (χ4n) is 1.84. The minimum Gasteiger partial charge on any atom is -0.314 e. The number of hydrogen-bond acceptors (Lipinski definition) is 3. The highest BCUT2D eigenvalue weighted by atomic mass is 15.2. The van der Waals surface area contributed by atoms with Crippen molar-refractivity contribution < 1.29 is 0 Å². The monoisotopic (exact) mass is 180 g/mol. The molecule has 1 fully saturated rings. The van der Waals surface area contributed by atoms with Crippen LogP contribution in [0.3, 0.4) is 0 Å². The first-order chi connectivity index (χ1) is 6.45. The molecular weight excluding hydrogens is 164 g/mol. The van der Waals surface area contributed by atoms with Gasteiger partial charge in [0.15, 0.2) is 0 Å². The van der Waals surface area contributed by atoms with Gasteiger partial charge >= 0.3 is 0 Å². The van der Waals surface area contributed by atoms with Gasteiger partial charge in [-0.2, -0.15) is 5.10 Å². The summed E-state index contributed by atoms with van der Waals surface area (Å²) in [5.74, 6) is 0.999. The molecule has 2 heterocycles. The highest BCUT2D eigenvalue weighted by Gasteiger charge is 2.12. The van der Waals surface area contributed by atoms with Gasteiger partial charge in [0.2, 0.25) is 0 Å². The standard InChI is InChI=1S/C9H16N4/c1-2-4-8(10-5-3-1)6-9-11-7-12-13-9/h7-8,10H,1-6H2,(H,11,12,13). The zero-order valence-electron chi connectivity index (χ0n) is 7.79. The SMILES string of the molecule is c1n[nH]c(CC2CCCCCN2)n1. The van der Waals surface area contributed by atoms with E-state index in [4.69, 9.17) is 0 Å². The average Bonchev–Trinajstić information content (AvgIpc) is 2.49. The molecule has 2 rings (SSSR count). The largest absolute Gasteiger partial charge is 0.314 e. The molecule has 1 saturated heterocycles. The quantitative estimate of drug-likeness (QED) is 0.710. The van der Waals surface area contributed by atoms with Crippen molar-refractivity contribution in [1.29, 1.82) is 0 Å². The number of hydrogen-bond donors (Lipinski definition) is 2. The number of rotatable bonds is 2. The Labute approximate surface area is 78.1 Å². The molecule has 72 valence electrons. The van der Waals surface area contributed by atoms with Crippen LogP contribution >= 0.6 is 0 Å². The van der Waals surface area contributed by atoms with E-state index in [2.05, 4.69) is 20.5 Å². The van der Waals surface area contributed by atoms with E-state index < -0.39 is 0 Å². The first-order valence-corrected chi connectivity index (χ1v) is 5.03. The lowest BCUT2D eigenvalue weighted by Gasteiger charge is -2.13. The van der Waals surface area contributed by atoms with Gasteiger partial charge in [-0.15, -0.1) is 0 Å². The van der Waals surface area contributed by atoms with E-state index in [9.17, 15) is 0 Å². The molecule has 0 saturated carbocycles. The predicted octanol–water partition coefficient (Wildman–Crippen LogP) is 0.879. The molecule has 0 aromatic carbocycles. The molecule has 4 nitrogen and oxygen atoms in total. The lowest BCUT2D eigenvalue weighted by atomic mass is 10.1. The molecule has 1 atom stereocenters. The molecule has 1 unspecified atom stereocenters. The number of aromatic nitrogens is 3. The summed E-state index contributed by atoms with van der Waals surface area (Å²) in [6.07, 6.45) is 7.84. The summed E-state index contributed by atoms with van der Waals surface area (Å²) in [7, 11) is 0. The summed E-state index contributed by atoms with van der Waals surface area (Å²) < 4.78 is 0. The van der Waals surface area contributed by atoms with Crippen LogP contribution in [0.25, 0.3) is 0 Å². The topological polar surface area (TPSA) is 53.6 Å². The van der Waals surface area contributed by atoms with E-state index in [1.165, 1.54) is 25.7 Å². The predicted molar refractivity (Wildman–Crippen MR) is 50.3 cm³/mol. The van der Waals surface area contributed by atoms with Gasteiger partial charge in [0.1, 0.15) is 12.2 Å². The number of aromatic amines is 1. The molecule has 0 spiro atoms. The number of nitrogens with one attached hydrogen (secondary N) is 2. The maximum atomic E-state index is 4.13. The second-order valence-electron chi connectivity index (χ2n) is 3.64. The van der Waals surface area contributed by atoms with Crippen molar-refractivity contribution in [3.8, 4) is 0 Å². The molecule has 13 heavy (non-hydrogen) atoms. The smallest absolute Gasteiger partial charge is 0.137 e. The van der Waals surface area contributed by atoms with Gasteiger partial charge in [-0.1, -0.05) is 12.8 Å². The van der Waals surface area contributed by atoms with Gasteiger partial charge in [0.05, 0.1) is 0 Å². The molecule has 1 aliphatic rings. The van der Waals surface area contributed by atoms with Crippen molar-refractivity contribution in [2.45, 2.75) is 38.1 Å². The van der Waals surface area contributed by atoms with Crippen LogP contribution in [0.5, 0.6) is 0 Å². The van der Waals surface area contributed by atoms with Crippen LogP contribution in [-0.2, 0) is 6.42 Å². The maximum Gasteiger partial charge on any atom is 0.137 e. The molecule has 0 radical (unpaired) electrons. The Morgan fingerprint density at radius 3 is 3.23 bits per heavy atom. The molecule has 1 aromatic heterocycles. The molecule has 0 amide bonds. The average molecular weight is 180 g/mol. The Kier molecular flexibility index (Phi) is 2.92. The minimum absolute atomic E-state index is 0.593. The van der Waals surface area contributed by atoms with Crippen molar-refractivity contribution >= 4 is 0 Å². The van der Waals surface area contributed by atoms with Gasteiger partial charge in [-0.3, -0.25) is 5.10 Å². The summed E-state index contributed by atoms with van der Waals surface area (Å²) in [4.78, 5) is 4.13. The Morgan fingerprint density at radius 1 is 1.38 bits per heavy atom. The Balaban J connectivity index is 1.86. The van der Waals surface area contributed by atoms with E-state index in [0.717, 1.165) is 18.8 Å². The number of nitrogens with zero attached hydrogens (tertiary/aromatic N) is 2. The van der Waals surface area contributed by atoms with Crippen molar-refractivity contribution in [2.24, 2.45) is 0 Å². The van der Waals surface area contributed by atoms with Crippen LogP contribution in [0.1, 0.15) is 31.5 Å². The summed E-state index contributed by atoms with van der Waals surface area (Å²) in [6, 6.07) is 0.593. The Hall–Kier alpha value is -0.900. The molecular formula is C9H16N4. The van der Waals surface area contributed by atoms with Gasteiger partial charge in [-0.25, -0.2) is 4.98 Å². The van der Waals surface area contributed by atoms with Crippen molar-refractivity contribution in [3.63, 3.8) is 0 Å². The number of H-pyrrole nitrogens is 1. The third-order valence-corrected chi connectivity index (χ3v) is 2.57. The highest BCUT2D eigenvalue weighted by Crippen LogP contribution is 2.10. The second kappa shape index (κ2) is 4.37. The summed E-state index contributed by atoms with van der Waals surface area (Å²) in [6.45, 7) is 1.15. The van der Waals surface area contributed by atoms with Gasteiger partial charge in [0, 0.05) is 12.5 Å². The molecule has 4 heteroatoms. The van der Waals surface area contributed by atoms with E-state index in [-0.39, 0.29) is 0 Å². The van der Waals surface area contributed by atoms with Gasteiger partial charge in [-0.05, 0) is 19.4 Å². The first-order valence-electron chi connectivity index (χ1n) is 5.03. The summed E-state index contributed by atoms with van der Waals surface area (Å²) in [5, 5.41) is 10.3. The molecule has 0 bridgehead atoms. The van der Waals surface area contributed by atoms with Gasteiger partial charge in [0.25, 0.3) is 0 Å². The van der Waals surface area contributed by atoms with E-state index in [0.29, 0.717) is 6.04 Å². The molecule has 0 aliphatic carbocycles. The van der Waals surface area contributed by atoms with Crippen LogP contribution in [-0.4, -0.2) is 27.8 Å². The summed E-state index contributed by atoms with van der Waals surface area (Å²) in [5.41, 5.74) is 0. The maximum absolute atomic E-state index is 4.13. The summed E-state index contributed by atoms with van der Waals surface area (Å²) >= 11 is 0.